The predicted octanol–water partition coefficient (Wildman–Crippen LogP) is 4.98. The lowest BCUT2D eigenvalue weighted by atomic mass is 10.1. The van der Waals surface area contributed by atoms with Crippen molar-refractivity contribution in [2.45, 2.75) is 20.3 Å². The summed E-state index contributed by atoms with van der Waals surface area (Å²) in [6.45, 7) is 5.16. The summed E-state index contributed by atoms with van der Waals surface area (Å²) in [5.41, 5.74) is 0.807. The maximum Gasteiger partial charge on any atom is 0.275 e. The van der Waals surface area contributed by atoms with Crippen LogP contribution in [-0.2, 0) is 0 Å². The first-order chi connectivity index (χ1) is 13.6. The number of nitrogens with zero attached hydrogens (tertiary/aromatic N) is 2. The van der Waals surface area contributed by atoms with Crippen molar-refractivity contribution in [2.24, 2.45) is 5.92 Å². The smallest absolute Gasteiger partial charge is 0.275 e. The molecule has 0 atom stereocenters. The highest BCUT2D eigenvalue weighted by atomic mass is 16.5. The van der Waals surface area contributed by atoms with Crippen molar-refractivity contribution in [3.8, 4) is 11.5 Å². The molecule has 0 aliphatic rings. The van der Waals surface area contributed by atoms with Gasteiger partial charge < -0.3 is 15.4 Å². The number of amides is 1. The molecule has 0 spiro atoms. The van der Waals surface area contributed by atoms with Gasteiger partial charge in [0.2, 0.25) is 0 Å². The summed E-state index contributed by atoms with van der Waals surface area (Å²) < 4.78 is 5.87. The monoisotopic (exact) mass is 376 g/mol. The average molecular weight is 376 g/mol. The number of benzene rings is 2. The predicted molar refractivity (Wildman–Crippen MR) is 111 cm³/mol. The lowest BCUT2D eigenvalue weighted by Gasteiger charge is -2.12. The summed E-state index contributed by atoms with van der Waals surface area (Å²) in [5, 5.41) is 6.04. The summed E-state index contributed by atoms with van der Waals surface area (Å²) in [5.74, 6) is 2.18. The molecule has 0 aliphatic carbocycles. The third-order valence-corrected chi connectivity index (χ3v) is 4.02. The Hall–Kier alpha value is -3.41. The molecule has 6 nitrogen and oxygen atoms in total. The number of rotatable bonds is 8. The van der Waals surface area contributed by atoms with Gasteiger partial charge in [0.15, 0.2) is 5.75 Å². The van der Waals surface area contributed by atoms with Crippen molar-refractivity contribution in [2.75, 3.05) is 17.2 Å². The van der Waals surface area contributed by atoms with E-state index in [1.165, 1.54) is 6.20 Å². The zero-order valence-corrected chi connectivity index (χ0v) is 16.1. The average Bonchev–Trinajstić information content (AvgIpc) is 2.70. The van der Waals surface area contributed by atoms with Crippen molar-refractivity contribution in [1.82, 2.24) is 9.97 Å². The third kappa shape index (κ3) is 5.54. The van der Waals surface area contributed by atoms with Crippen molar-refractivity contribution in [3.63, 3.8) is 0 Å². The molecule has 1 aromatic heterocycles. The molecule has 3 rings (SSSR count). The molecular weight excluding hydrogens is 352 g/mol. The number of ether oxygens (including phenoxy) is 1. The Labute approximate surface area is 165 Å². The molecule has 2 N–H and O–H groups in total. The highest BCUT2D eigenvalue weighted by molar-refractivity contribution is 6.03. The molecule has 3 aromatic rings. The van der Waals surface area contributed by atoms with Gasteiger partial charge in [0, 0.05) is 6.54 Å². The highest BCUT2D eigenvalue weighted by Crippen LogP contribution is 2.29. The van der Waals surface area contributed by atoms with E-state index in [9.17, 15) is 4.79 Å². The van der Waals surface area contributed by atoms with Gasteiger partial charge in [0.25, 0.3) is 5.91 Å². The first kappa shape index (κ1) is 19.4. The van der Waals surface area contributed by atoms with Crippen LogP contribution in [0.5, 0.6) is 11.5 Å². The van der Waals surface area contributed by atoms with Gasteiger partial charge in [-0.3, -0.25) is 4.79 Å². The lowest BCUT2D eigenvalue weighted by Crippen LogP contribution is -2.15. The molecule has 2 aromatic carbocycles. The Kier molecular flexibility index (Phi) is 6.57. The topological polar surface area (TPSA) is 76.1 Å². The quantitative estimate of drug-likeness (QED) is 0.580. The largest absolute Gasteiger partial charge is 0.455 e. The third-order valence-electron chi connectivity index (χ3n) is 4.02. The molecule has 0 radical (unpaired) electrons. The number of hydrogen-bond acceptors (Lipinski definition) is 5. The van der Waals surface area contributed by atoms with Gasteiger partial charge >= 0.3 is 0 Å². The Bertz CT molecular complexity index is 896. The minimum absolute atomic E-state index is 0.240. The van der Waals surface area contributed by atoms with Crippen LogP contribution in [-0.4, -0.2) is 22.4 Å². The van der Waals surface area contributed by atoms with E-state index in [0.717, 1.165) is 13.0 Å². The number of aromatic nitrogens is 2. The molecule has 0 bridgehead atoms. The van der Waals surface area contributed by atoms with Crippen molar-refractivity contribution in [3.05, 3.63) is 72.7 Å². The molecule has 0 unspecified atom stereocenters. The second kappa shape index (κ2) is 9.50. The highest BCUT2D eigenvalue weighted by Gasteiger charge is 2.12. The molecule has 28 heavy (non-hydrogen) atoms. The van der Waals surface area contributed by atoms with Crippen LogP contribution in [0.1, 0.15) is 30.8 Å². The van der Waals surface area contributed by atoms with Crippen molar-refractivity contribution in [1.29, 1.82) is 0 Å². The van der Waals surface area contributed by atoms with Crippen molar-refractivity contribution < 1.29 is 9.53 Å². The molecule has 0 aliphatic heterocycles. The Morgan fingerprint density at radius 3 is 2.46 bits per heavy atom. The van der Waals surface area contributed by atoms with Crippen LogP contribution in [0.3, 0.4) is 0 Å². The maximum absolute atomic E-state index is 12.5. The van der Waals surface area contributed by atoms with E-state index in [4.69, 9.17) is 4.74 Å². The molecule has 6 heteroatoms. The summed E-state index contributed by atoms with van der Waals surface area (Å²) in [7, 11) is 0. The molecule has 0 saturated carbocycles. The fourth-order valence-corrected chi connectivity index (χ4v) is 2.49. The Balaban J connectivity index is 1.65. The van der Waals surface area contributed by atoms with Gasteiger partial charge in [0.05, 0.1) is 18.1 Å². The van der Waals surface area contributed by atoms with Gasteiger partial charge in [-0.1, -0.05) is 44.2 Å². The molecule has 0 saturated heterocycles. The SMILES string of the molecule is CC(C)CCNc1cnc(C(=O)Nc2ccccc2Oc2ccccc2)cn1. The molecular formula is C22H24N4O2. The molecule has 1 amide bonds. The molecule has 144 valence electrons. The van der Waals surface area contributed by atoms with Gasteiger partial charge in [-0.15, -0.1) is 0 Å². The first-order valence-electron chi connectivity index (χ1n) is 9.31. The minimum Gasteiger partial charge on any atom is -0.455 e. The van der Waals surface area contributed by atoms with Crippen LogP contribution in [0.25, 0.3) is 0 Å². The van der Waals surface area contributed by atoms with E-state index in [1.807, 2.05) is 42.5 Å². The number of nitrogens with one attached hydrogen (secondary N) is 2. The standard InChI is InChI=1S/C22H24N4O2/c1-16(2)12-13-23-21-15-24-19(14-25-21)22(27)26-18-10-6-7-11-20(18)28-17-8-4-3-5-9-17/h3-11,14-16H,12-13H2,1-2H3,(H,23,25)(H,26,27). The van der Waals surface area contributed by atoms with E-state index in [1.54, 1.807) is 18.3 Å². The van der Waals surface area contributed by atoms with Crippen LogP contribution < -0.4 is 15.4 Å². The van der Waals surface area contributed by atoms with E-state index in [-0.39, 0.29) is 11.6 Å². The number of hydrogen-bond donors (Lipinski definition) is 2. The fourth-order valence-electron chi connectivity index (χ4n) is 2.49. The van der Waals surface area contributed by atoms with E-state index in [0.29, 0.717) is 28.9 Å². The number of carbonyl (C=O) groups is 1. The van der Waals surface area contributed by atoms with Gasteiger partial charge in [-0.05, 0) is 36.6 Å². The van der Waals surface area contributed by atoms with Crippen LogP contribution in [0.2, 0.25) is 0 Å². The van der Waals surface area contributed by atoms with Crippen LogP contribution in [0.4, 0.5) is 11.5 Å². The van der Waals surface area contributed by atoms with Gasteiger partial charge in [0.1, 0.15) is 17.3 Å². The van der Waals surface area contributed by atoms with Crippen LogP contribution >= 0.6 is 0 Å². The fraction of sp³-hybridized carbons (Fsp3) is 0.227. The molecule has 0 fully saturated rings. The number of carbonyl (C=O) groups excluding carboxylic acids is 1. The number of anilines is 2. The zero-order chi connectivity index (χ0) is 19.8. The lowest BCUT2D eigenvalue weighted by molar-refractivity contribution is 0.102. The minimum atomic E-state index is -0.342. The van der Waals surface area contributed by atoms with Gasteiger partial charge in [-0.2, -0.15) is 0 Å². The maximum atomic E-state index is 12.5. The first-order valence-corrected chi connectivity index (χ1v) is 9.31. The summed E-state index contributed by atoms with van der Waals surface area (Å²) in [4.78, 5) is 21.0. The zero-order valence-electron chi connectivity index (χ0n) is 16.1. The van der Waals surface area contributed by atoms with Crippen LogP contribution in [0.15, 0.2) is 67.0 Å². The van der Waals surface area contributed by atoms with E-state index in [2.05, 4.69) is 34.4 Å². The van der Waals surface area contributed by atoms with Crippen molar-refractivity contribution >= 4 is 17.4 Å². The molecule has 1 heterocycles. The normalized spacial score (nSPS) is 10.5. The Morgan fingerprint density at radius 2 is 1.75 bits per heavy atom. The second-order valence-corrected chi connectivity index (χ2v) is 6.76. The summed E-state index contributed by atoms with van der Waals surface area (Å²) in [6.07, 6.45) is 4.08. The van der Waals surface area contributed by atoms with E-state index < -0.39 is 0 Å². The number of para-hydroxylation sites is 3. The van der Waals surface area contributed by atoms with Crippen LogP contribution in [0, 0.1) is 5.92 Å². The van der Waals surface area contributed by atoms with Gasteiger partial charge in [-0.25, -0.2) is 9.97 Å². The summed E-state index contributed by atoms with van der Waals surface area (Å²) >= 11 is 0. The second-order valence-electron chi connectivity index (χ2n) is 6.76. The summed E-state index contributed by atoms with van der Waals surface area (Å²) in [6, 6.07) is 16.7. The Morgan fingerprint density at radius 1 is 1.00 bits per heavy atom. The van der Waals surface area contributed by atoms with E-state index >= 15 is 0 Å².